The van der Waals surface area contributed by atoms with Crippen molar-refractivity contribution in [2.75, 3.05) is 0 Å². The number of hydrogen-bond acceptors (Lipinski definition) is 4. The van der Waals surface area contributed by atoms with Gasteiger partial charge in [0.25, 0.3) is 10.1 Å². The van der Waals surface area contributed by atoms with Gasteiger partial charge in [-0.25, -0.2) is 0 Å². The maximum absolute atomic E-state index is 11.2. The standard InChI is InChI=1S/C17H13NO4S/c19-17-9-8-14(23(20,21)22)10-13(17)11-18-16-7-3-5-12-4-1-2-6-15(12)16/h1-11,19H,(H,20,21,22). The molecule has 3 aromatic carbocycles. The molecule has 0 fully saturated rings. The molecule has 6 heteroatoms. The zero-order chi connectivity index (χ0) is 16.4. The molecule has 3 aromatic rings. The van der Waals surface area contributed by atoms with E-state index in [0.29, 0.717) is 5.69 Å². The molecule has 5 nitrogen and oxygen atoms in total. The molecule has 0 amide bonds. The third-order valence-corrected chi connectivity index (χ3v) is 4.26. The molecule has 2 N–H and O–H groups in total. The minimum atomic E-state index is -4.33. The van der Waals surface area contributed by atoms with E-state index in [0.717, 1.165) is 16.8 Å². The lowest BCUT2D eigenvalue weighted by Gasteiger charge is -2.03. The van der Waals surface area contributed by atoms with Gasteiger partial charge >= 0.3 is 0 Å². The molecule has 0 saturated heterocycles. The van der Waals surface area contributed by atoms with E-state index in [9.17, 15) is 13.5 Å². The Morgan fingerprint density at radius 3 is 2.48 bits per heavy atom. The summed E-state index contributed by atoms with van der Waals surface area (Å²) in [6, 6.07) is 16.9. The van der Waals surface area contributed by atoms with E-state index in [1.54, 1.807) is 0 Å². The number of benzene rings is 3. The van der Waals surface area contributed by atoms with Gasteiger partial charge in [0.15, 0.2) is 0 Å². The van der Waals surface area contributed by atoms with E-state index in [-0.39, 0.29) is 16.2 Å². The Hall–Kier alpha value is -2.70. The fourth-order valence-corrected chi connectivity index (χ4v) is 2.77. The fraction of sp³-hybridized carbons (Fsp3) is 0. The minimum Gasteiger partial charge on any atom is -0.507 e. The summed E-state index contributed by atoms with van der Waals surface area (Å²) in [7, 11) is -4.33. The SMILES string of the molecule is O=S(=O)(O)c1ccc(O)c(C=Nc2cccc3ccccc23)c1. The van der Waals surface area contributed by atoms with E-state index in [1.807, 2.05) is 42.5 Å². The van der Waals surface area contributed by atoms with Gasteiger partial charge in [0.2, 0.25) is 0 Å². The van der Waals surface area contributed by atoms with Crippen LogP contribution < -0.4 is 0 Å². The maximum Gasteiger partial charge on any atom is 0.294 e. The van der Waals surface area contributed by atoms with Crippen LogP contribution in [0.2, 0.25) is 0 Å². The second kappa shape index (κ2) is 5.83. The highest BCUT2D eigenvalue weighted by Crippen LogP contribution is 2.26. The van der Waals surface area contributed by atoms with Crippen LogP contribution in [0.1, 0.15) is 5.56 Å². The molecule has 0 radical (unpaired) electrons. The molecule has 0 spiro atoms. The Labute approximate surface area is 133 Å². The van der Waals surface area contributed by atoms with Crippen LogP contribution in [-0.2, 0) is 10.1 Å². The highest BCUT2D eigenvalue weighted by atomic mass is 32.2. The molecule has 0 bridgehead atoms. The van der Waals surface area contributed by atoms with Crippen LogP contribution in [0.5, 0.6) is 5.75 Å². The first-order valence-electron chi connectivity index (χ1n) is 6.77. The van der Waals surface area contributed by atoms with Crippen molar-refractivity contribution in [1.82, 2.24) is 0 Å². The number of rotatable bonds is 3. The molecule has 0 heterocycles. The Morgan fingerprint density at radius 1 is 0.957 bits per heavy atom. The molecule has 0 saturated carbocycles. The molecule has 116 valence electrons. The highest BCUT2D eigenvalue weighted by molar-refractivity contribution is 7.85. The van der Waals surface area contributed by atoms with Gasteiger partial charge in [-0.3, -0.25) is 9.55 Å². The Bertz CT molecular complexity index is 1000. The zero-order valence-electron chi connectivity index (χ0n) is 11.9. The molecule has 0 aromatic heterocycles. The number of hydrogen-bond donors (Lipinski definition) is 2. The van der Waals surface area contributed by atoms with Gasteiger partial charge in [-0.05, 0) is 29.7 Å². The van der Waals surface area contributed by atoms with Crippen LogP contribution in [0, 0.1) is 0 Å². The van der Waals surface area contributed by atoms with Crippen molar-refractivity contribution in [3.05, 3.63) is 66.2 Å². The van der Waals surface area contributed by atoms with Crippen molar-refractivity contribution in [2.24, 2.45) is 4.99 Å². The van der Waals surface area contributed by atoms with Gasteiger partial charge in [-0.15, -0.1) is 0 Å². The number of phenols is 1. The van der Waals surface area contributed by atoms with Crippen molar-refractivity contribution in [3.8, 4) is 5.75 Å². The minimum absolute atomic E-state index is 0.124. The predicted molar refractivity (Wildman–Crippen MR) is 89.1 cm³/mol. The number of aliphatic imine (C=N–C) groups is 1. The first kappa shape index (κ1) is 15.2. The lowest BCUT2D eigenvalue weighted by molar-refractivity contribution is 0.472. The first-order chi connectivity index (χ1) is 10.9. The summed E-state index contributed by atoms with van der Waals surface area (Å²) in [5.74, 6) is -0.124. The van der Waals surface area contributed by atoms with Gasteiger partial charge in [0.1, 0.15) is 5.75 Å². The van der Waals surface area contributed by atoms with Gasteiger partial charge in [-0.1, -0.05) is 36.4 Å². The molecule has 0 aliphatic carbocycles. The van der Waals surface area contributed by atoms with Crippen molar-refractivity contribution in [3.63, 3.8) is 0 Å². The lowest BCUT2D eigenvalue weighted by Crippen LogP contribution is -1.98. The average molecular weight is 327 g/mol. The maximum atomic E-state index is 11.2. The van der Waals surface area contributed by atoms with E-state index >= 15 is 0 Å². The molecule has 0 aliphatic rings. The Kier molecular flexibility index (Phi) is 3.85. The van der Waals surface area contributed by atoms with Crippen molar-refractivity contribution in [1.29, 1.82) is 0 Å². The summed E-state index contributed by atoms with van der Waals surface area (Å²) in [6.45, 7) is 0. The summed E-state index contributed by atoms with van der Waals surface area (Å²) in [6.07, 6.45) is 1.37. The van der Waals surface area contributed by atoms with Crippen LogP contribution in [-0.4, -0.2) is 24.3 Å². The predicted octanol–water partition coefficient (Wildman–Crippen LogP) is 3.54. The Morgan fingerprint density at radius 2 is 1.70 bits per heavy atom. The van der Waals surface area contributed by atoms with Gasteiger partial charge in [-0.2, -0.15) is 8.42 Å². The monoisotopic (exact) mass is 327 g/mol. The third-order valence-electron chi connectivity index (χ3n) is 3.41. The third kappa shape index (κ3) is 3.23. The number of nitrogens with zero attached hydrogens (tertiary/aromatic N) is 1. The number of phenolic OH excluding ortho intramolecular Hbond substituents is 1. The highest BCUT2D eigenvalue weighted by Gasteiger charge is 2.11. The second-order valence-corrected chi connectivity index (χ2v) is 6.37. The van der Waals surface area contributed by atoms with Crippen LogP contribution in [0.3, 0.4) is 0 Å². The fourth-order valence-electron chi connectivity index (χ4n) is 2.26. The van der Waals surface area contributed by atoms with Crippen molar-refractivity contribution in [2.45, 2.75) is 4.90 Å². The topological polar surface area (TPSA) is 87.0 Å². The molecule has 0 atom stereocenters. The van der Waals surface area contributed by atoms with Crippen LogP contribution in [0.4, 0.5) is 5.69 Å². The normalized spacial score (nSPS) is 12.0. The molecule has 0 aliphatic heterocycles. The van der Waals surface area contributed by atoms with Crippen LogP contribution >= 0.6 is 0 Å². The molecular formula is C17H13NO4S. The molecule has 23 heavy (non-hydrogen) atoms. The average Bonchev–Trinajstić information content (AvgIpc) is 2.53. The van der Waals surface area contributed by atoms with Crippen molar-refractivity contribution >= 4 is 32.8 Å². The van der Waals surface area contributed by atoms with E-state index in [1.165, 1.54) is 18.3 Å². The summed E-state index contributed by atoms with van der Waals surface area (Å²) in [4.78, 5) is 4.03. The van der Waals surface area contributed by atoms with E-state index in [4.69, 9.17) is 4.55 Å². The lowest BCUT2D eigenvalue weighted by atomic mass is 10.1. The van der Waals surface area contributed by atoms with Gasteiger partial charge < -0.3 is 5.11 Å². The van der Waals surface area contributed by atoms with E-state index < -0.39 is 10.1 Å². The number of aromatic hydroxyl groups is 1. The largest absolute Gasteiger partial charge is 0.507 e. The molecular weight excluding hydrogens is 314 g/mol. The second-order valence-electron chi connectivity index (χ2n) is 4.95. The zero-order valence-corrected chi connectivity index (χ0v) is 12.7. The van der Waals surface area contributed by atoms with Crippen LogP contribution in [0.25, 0.3) is 10.8 Å². The summed E-state index contributed by atoms with van der Waals surface area (Å²) >= 11 is 0. The summed E-state index contributed by atoms with van der Waals surface area (Å²) < 4.78 is 31.4. The first-order valence-corrected chi connectivity index (χ1v) is 8.21. The molecule has 0 unspecified atom stereocenters. The van der Waals surface area contributed by atoms with E-state index in [2.05, 4.69) is 4.99 Å². The Balaban J connectivity index is 2.06. The summed E-state index contributed by atoms with van der Waals surface area (Å²) in [5, 5.41) is 11.8. The smallest absolute Gasteiger partial charge is 0.294 e. The summed E-state index contributed by atoms with van der Waals surface area (Å²) in [5.41, 5.74) is 0.896. The van der Waals surface area contributed by atoms with Crippen LogP contribution in [0.15, 0.2) is 70.6 Å². The quantitative estimate of drug-likeness (QED) is 0.569. The van der Waals surface area contributed by atoms with Gasteiger partial charge in [0.05, 0.1) is 10.6 Å². The molecule has 3 rings (SSSR count). The number of fused-ring (bicyclic) bond motifs is 1. The van der Waals surface area contributed by atoms with Crippen molar-refractivity contribution < 1.29 is 18.1 Å². The van der Waals surface area contributed by atoms with Gasteiger partial charge in [0, 0.05) is 17.2 Å².